The van der Waals surface area contributed by atoms with Crippen LogP contribution in [0, 0.1) is 35.5 Å². The molecule has 0 heterocycles. The van der Waals surface area contributed by atoms with Crippen LogP contribution in [0.2, 0.25) is 0 Å². The fourth-order valence-corrected chi connectivity index (χ4v) is 9.07. The van der Waals surface area contributed by atoms with Crippen LogP contribution in [0.15, 0.2) is 4.99 Å². The van der Waals surface area contributed by atoms with Crippen LogP contribution in [0.3, 0.4) is 0 Å². The van der Waals surface area contributed by atoms with Crippen molar-refractivity contribution in [3.05, 3.63) is 0 Å². The van der Waals surface area contributed by atoms with Crippen LogP contribution in [0.4, 0.5) is 0 Å². The second-order valence-electron chi connectivity index (χ2n) is 24.5. The molecule has 0 aromatic rings. The predicted octanol–water partition coefficient (Wildman–Crippen LogP) is -2.93. The first kappa shape index (κ1) is 81.2. The van der Waals surface area contributed by atoms with Gasteiger partial charge in [0.2, 0.25) is 59.1 Å². The van der Waals surface area contributed by atoms with Crippen LogP contribution in [0.25, 0.3) is 0 Å². The largest absolute Gasteiger partial charge is 0.480 e. The number of aliphatic hydroxyl groups excluding tert-OH is 3. The molecule has 0 saturated carbocycles. The van der Waals surface area contributed by atoms with Gasteiger partial charge in [0, 0.05) is 6.54 Å². The Morgan fingerprint density at radius 3 is 1.05 bits per heavy atom. The minimum Gasteiger partial charge on any atom is -0.480 e. The monoisotopic (exact) mass is 1260 g/mol. The number of unbranched alkanes of at least 4 members (excludes halogenated alkanes) is 1. The van der Waals surface area contributed by atoms with Crippen LogP contribution in [0.1, 0.15) is 161 Å². The van der Waals surface area contributed by atoms with Crippen molar-refractivity contribution in [2.45, 2.75) is 233 Å². The smallest absolute Gasteiger partial charge is 0.328 e. The van der Waals surface area contributed by atoms with Crippen molar-refractivity contribution in [3.8, 4) is 0 Å². The lowest BCUT2D eigenvalue weighted by atomic mass is 9.95. The first-order valence-corrected chi connectivity index (χ1v) is 30.8. The molecule has 0 radical (unpaired) electrons. The maximum atomic E-state index is 14.6. The van der Waals surface area contributed by atoms with Crippen molar-refractivity contribution in [2.75, 3.05) is 26.3 Å². The molecule has 30 nitrogen and oxygen atoms in total. The molecule has 0 aliphatic rings. The van der Waals surface area contributed by atoms with E-state index in [1.165, 1.54) is 6.92 Å². The summed E-state index contributed by atoms with van der Waals surface area (Å²) in [5, 5.41) is 65.5. The number of nitrogens with two attached hydrogens (primary N) is 4. The lowest BCUT2D eigenvalue weighted by Gasteiger charge is -2.30. The molecule has 0 aromatic carbocycles. The number of carbonyl (C=O) groups is 11. The van der Waals surface area contributed by atoms with E-state index in [1.54, 1.807) is 83.1 Å². The Morgan fingerprint density at radius 1 is 0.409 bits per heavy atom. The van der Waals surface area contributed by atoms with Gasteiger partial charge in [-0.3, -0.25) is 52.9 Å². The fraction of sp³-hybridized carbons (Fsp3) is 0.793. The highest BCUT2D eigenvalue weighted by atomic mass is 16.4. The Balaban J connectivity index is 7.04. The van der Waals surface area contributed by atoms with Crippen molar-refractivity contribution in [3.63, 3.8) is 0 Å². The molecular formula is C58H109N15O15. The number of hydrogen-bond donors (Lipinski definition) is 18. The van der Waals surface area contributed by atoms with E-state index in [-0.39, 0.29) is 87.7 Å². The fourth-order valence-electron chi connectivity index (χ4n) is 9.07. The topological polar surface area (TPSA) is 505 Å². The van der Waals surface area contributed by atoms with Gasteiger partial charge in [0.1, 0.15) is 60.4 Å². The maximum absolute atomic E-state index is 14.6. The molecule has 30 heteroatoms. The molecule has 22 N–H and O–H groups in total. The van der Waals surface area contributed by atoms with Gasteiger partial charge in [-0.25, -0.2) is 4.79 Å². The first-order valence-electron chi connectivity index (χ1n) is 30.8. The number of carboxylic acid groups (broad SMARTS) is 1. The molecule has 0 aromatic heterocycles. The summed E-state index contributed by atoms with van der Waals surface area (Å²) in [5.41, 5.74) is 22.6. The SMILES string of the molecule is CC[C@H](C)[C@H](NC(=O)[C@H](CC(C)C)NC(=O)[C@H](CO)NC(=O)[C@H](CC(C)C)NC(=O)[C@H](CC(C)C)NC(=O)[C@@H](N)CO)C(=O)N[C@@H](CCCN=C(N)N)C(=O)N[C@@H](CCCCN)C(=O)N[C@@H](CC(C)C)C(=O)N[C@H](C(=O)N[C@H](C(=O)O)[C@@H](C)O)[C@@H](C)CC. The van der Waals surface area contributed by atoms with Gasteiger partial charge in [0.15, 0.2) is 12.0 Å². The summed E-state index contributed by atoms with van der Waals surface area (Å²) in [5.74, 6) is -12.0. The van der Waals surface area contributed by atoms with Crippen molar-refractivity contribution < 1.29 is 73.2 Å². The van der Waals surface area contributed by atoms with Gasteiger partial charge >= 0.3 is 5.97 Å². The highest BCUT2D eigenvalue weighted by molar-refractivity contribution is 5.99. The summed E-state index contributed by atoms with van der Waals surface area (Å²) >= 11 is 0. The number of carbonyl (C=O) groups excluding carboxylic acids is 10. The predicted molar refractivity (Wildman–Crippen MR) is 330 cm³/mol. The molecule has 88 heavy (non-hydrogen) atoms. The second-order valence-corrected chi connectivity index (χ2v) is 24.5. The van der Waals surface area contributed by atoms with Crippen LogP contribution in [-0.4, -0.2) is 190 Å². The molecule has 0 fully saturated rings. The van der Waals surface area contributed by atoms with Crippen molar-refractivity contribution in [1.29, 1.82) is 0 Å². The average molecular weight is 1260 g/mol. The quantitative estimate of drug-likeness (QED) is 0.0165. The summed E-state index contributed by atoms with van der Waals surface area (Å²) in [6, 6.07) is -15.1. The Hall–Kier alpha value is -6.76. The van der Waals surface area contributed by atoms with E-state index in [0.29, 0.717) is 25.7 Å². The molecule has 10 amide bonds. The van der Waals surface area contributed by atoms with E-state index in [1.807, 2.05) is 0 Å². The zero-order chi connectivity index (χ0) is 67.7. The average Bonchev–Trinajstić information content (AvgIpc) is 3.03. The highest BCUT2D eigenvalue weighted by Gasteiger charge is 2.38. The number of hydrogen-bond acceptors (Lipinski definition) is 17. The molecule has 0 saturated heterocycles. The number of aliphatic imine (C=N–C) groups is 1. The van der Waals surface area contributed by atoms with Crippen LogP contribution in [-0.2, 0) is 52.7 Å². The Bertz CT molecular complexity index is 2270. The molecule has 0 unspecified atom stereocenters. The van der Waals surface area contributed by atoms with Crippen molar-refractivity contribution in [2.24, 2.45) is 63.4 Å². The maximum Gasteiger partial charge on any atom is 0.328 e. The van der Waals surface area contributed by atoms with Gasteiger partial charge in [-0.15, -0.1) is 0 Å². The van der Waals surface area contributed by atoms with Crippen LogP contribution < -0.4 is 76.1 Å². The van der Waals surface area contributed by atoms with Crippen LogP contribution >= 0.6 is 0 Å². The highest BCUT2D eigenvalue weighted by Crippen LogP contribution is 2.16. The standard InChI is InChI=1S/C58H109N15O15/c1-14-33(11)44(71-53(83)42(26-32(9)10)69-54(84)43(28-75)70-51(81)40(24-30(5)6)68-50(80)39(23-29(3)4)66-47(77)36(60)27-74)55(85)65-38(20-18-22-63-58(61)62)48(78)64-37(19-16-17-21-59)49(79)67-41(25-31(7)8)52(82)72-45(34(12)15-2)56(86)73-46(35(13)76)57(87)88/h29-46,74-76H,14-28,59-60H2,1-13H3,(H,64,78)(H,65,85)(H,66,77)(H,67,79)(H,68,80)(H,69,84)(H,70,81)(H,71,83)(H,72,82)(H,73,86)(H,87,88)(H4,61,62,63)/t33-,34-,35+,36-,37-,38-,39-,40-,41-,42-,43-,44-,45-,46-/m0/s1. The van der Waals surface area contributed by atoms with Gasteiger partial charge in [-0.2, -0.15) is 0 Å². The van der Waals surface area contributed by atoms with E-state index in [2.05, 4.69) is 58.2 Å². The third-order valence-electron chi connectivity index (χ3n) is 14.5. The third kappa shape index (κ3) is 30.9. The summed E-state index contributed by atoms with van der Waals surface area (Å²) < 4.78 is 0. The molecule has 0 spiro atoms. The first-order chi connectivity index (χ1) is 41.1. The Kier molecular flexibility index (Phi) is 39.0. The molecule has 0 bridgehead atoms. The molecule has 0 aliphatic carbocycles. The molecule has 506 valence electrons. The van der Waals surface area contributed by atoms with Gasteiger partial charge in [0.05, 0.1) is 19.3 Å². The lowest BCUT2D eigenvalue weighted by Crippen LogP contribution is -2.62. The number of aliphatic carboxylic acids is 1. The van der Waals surface area contributed by atoms with E-state index in [9.17, 15) is 73.2 Å². The summed E-state index contributed by atoms with van der Waals surface area (Å²) in [7, 11) is 0. The second kappa shape index (κ2) is 42.2. The van der Waals surface area contributed by atoms with Crippen molar-refractivity contribution >= 4 is 71.0 Å². The minimum absolute atomic E-state index is 0.00150. The minimum atomic E-state index is -1.68. The third-order valence-corrected chi connectivity index (χ3v) is 14.5. The summed E-state index contributed by atoms with van der Waals surface area (Å²) in [4.78, 5) is 155. The summed E-state index contributed by atoms with van der Waals surface area (Å²) in [6.07, 6.45) is 0.259. The van der Waals surface area contributed by atoms with Crippen molar-refractivity contribution in [1.82, 2.24) is 53.2 Å². The zero-order valence-electron chi connectivity index (χ0n) is 54.0. The summed E-state index contributed by atoms with van der Waals surface area (Å²) in [6.45, 7) is 20.9. The van der Waals surface area contributed by atoms with E-state index < -0.39 is 163 Å². The number of nitrogens with one attached hydrogen (secondary N) is 10. The van der Waals surface area contributed by atoms with Gasteiger partial charge in [-0.05, 0) is 107 Å². The number of rotatable bonds is 44. The Morgan fingerprint density at radius 2 is 0.716 bits per heavy atom. The molecular weight excluding hydrogens is 1150 g/mol. The number of nitrogens with zero attached hydrogens (tertiary/aromatic N) is 1. The Labute approximate surface area is 518 Å². The van der Waals surface area contributed by atoms with Gasteiger partial charge in [0.25, 0.3) is 0 Å². The molecule has 14 atom stereocenters. The van der Waals surface area contributed by atoms with Crippen LogP contribution in [0.5, 0.6) is 0 Å². The van der Waals surface area contributed by atoms with Gasteiger partial charge in [-0.1, -0.05) is 95.9 Å². The lowest BCUT2D eigenvalue weighted by molar-refractivity contribution is -0.145. The van der Waals surface area contributed by atoms with E-state index in [0.717, 1.165) is 0 Å². The number of amides is 10. The van der Waals surface area contributed by atoms with Gasteiger partial charge < -0.3 is 96.5 Å². The zero-order valence-corrected chi connectivity index (χ0v) is 54.0. The number of carboxylic acids is 1. The van der Waals surface area contributed by atoms with E-state index in [4.69, 9.17) is 22.9 Å². The molecule has 0 aliphatic heterocycles. The van der Waals surface area contributed by atoms with E-state index >= 15 is 0 Å². The molecule has 0 rings (SSSR count). The number of aliphatic hydroxyl groups is 3. The normalized spacial score (nSPS) is 16.2. The number of guanidine groups is 1.